The maximum absolute atomic E-state index is 14.0. The molecule has 2 aliphatic rings. The average molecular weight is 425 g/mol. The molecule has 0 radical (unpaired) electrons. The lowest BCUT2D eigenvalue weighted by atomic mass is 10.2. The first-order valence-electron chi connectivity index (χ1n) is 11.3. The minimum absolute atomic E-state index is 0.189. The van der Waals surface area contributed by atoms with Gasteiger partial charge in [0.25, 0.3) is 5.91 Å². The summed E-state index contributed by atoms with van der Waals surface area (Å²) in [6.07, 6.45) is 4.45. The van der Waals surface area contributed by atoms with Gasteiger partial charge in [-0.2, -0.15) is 0 Å². The Bertz CT molecular complexity index is 872. The van der Waals surface area contributed by atoms with Gasteiger partial charge in [0, 0.05) is 26.2 Å². The van der Waals surface area contributed by atoms with Crippen molar-refractivity contribution in [2.24, 2.45) is 0 Å². The number of carbonyl (C=O) groups excluding carboxylic acids is 1. The molecule has 0 unspecified atom stereocenters. The molecule has 2 aromatic rings. The van der Waals surface area contributed by atoms with Gasteiger partial charge in [0.1, 0.15) is 32.0 Å². The minimum Gasteiger partial charge on any atom is -0.366 e. The van der Waals surface area contributed by atoms with E-state index in [0.717, 1.165) is 32.7 Å². The van der Waals surface area contributed by atoms with Crippen molar-refractivity contribution in [3.63, 3.8) is 0 Å². The van der Waals surface area contributed by atoms with Crippen LogP contribution < -0.4 is 14.7 Å². The van der Waals surface area contributed by atoms with E-state index < -0.39 is 0 Å². The molecule has 0 aromatic heterocycles. The number of hydrogen-bond acceptors (Lipinski definition) is 2. The number of nitrogens with one attached hydrogen (secondary N) is 2. The number of hydrogen-bond donors (Lipinski definition) is 2. The zero-order valence-corrected chi connectivity index (χ0v) is 18.1. The van der Waals surface area contributed by atoms with Crippen molar-refractivity contribution in [1.82, 2.24) is 4.90 Å². The molecule has 31 heavy (non-hydrogen) atoms. The predicted molar refractivity (Wildman–Crippen MR) is 122 cm³/mol. The largest absolute Gasteiger partial charge is 0.366 e. The molecule has 164 valence electrons. The van der Waals surface area contributed by atoms with Crippen molar-refractivity contribution in [3.8, 4) is 0 Å². The molecule has 5 nitrogen and oxygen atoms in total. The van der Waals surface area contributed by atoms with Crippen LogP contribution in [0.15, 0.2) is 60.7 Å². The summed E-state index contributed by atoms with van der Waals surface area (Å²) in [5.74, 6) is 0.0429. The average Bonchev–Trinajstić information content (AvgIpc) is 2.81. The Labute approximate surface area is 184 Å². The molecule has 0 saturated carbocycles. The van der Waals surface area contributed by atoms with Crippen LogP contribution in [0, 0.1) is 5.82 Å². The molecule has 1 amide bonds. The fourth-order valence-electron chi connectivity index (χ4n) is 4.49. The summed E-state index contributed by atoms with van der Waals surface area (Å²) in [6.45, 7) is 8.60. The minimum atomic E-state index is -0.189. The molecule has 0 aliphatic carbocycles. The van der Waals surface area contributed by atoms with E-state index in [2.05, 4.69) is 36.4 Å². The van der Waals surface area contributed by atoms with E-state index in [1.165, 1.54) is 16.5 Å². The molecule has 0 spiro atoms. The van der Waals surface area contributed by atoms with Crippen LogP contribution in [0.2, 0.25) is 0 Å². The highest BCUT2D eigenvalue weighted by Gasteiger charge is 2.28. The molecule has 2 heterocycles. The second-order valence-electron chi connectivity index (χ2n) is 8.51. The summed E-state index contributed by atoms with van der Waals surface area (Å²) >= 11 is 0. The van der Waals surface area contributed by atoms with Crippen LogP contribution in [-0.4, -0.2) is 76.3 Å². The van der Waals surface area contributed by atoms with Crippen molar-refractivity contribution in [1.29, 1.82) is 0 Å². The number of rotatable bonds is 6. The smallest absolute Gasteiger partial charge is 0.277 e. The highest BCUT2D eigenvalue weighted by molar-refractivity contribution is 5.77. The van der Waals surface area contributed by atoms with Crippen molar-refractivity contribution >= 4 is 17.7 Å². The Kier molecular flexibility index (Phi) is 7.33. The molecular formula is C25H33FN4O+2. The summed E-state index contributed by atoms with van der Waals surface area (Å²) < 4.78 is 14.0. The molecule has 2 fully saturated rings. The molecule has 2 aromatic carbocycles. The second kappa shape index (κ2) is 10.6. The van der Waals surface area contributed by atoms with Crippen LogP contribution in [0.1, 0.15) is 5.56 Å². The van der Waals surface area contributed by atoms with E-state index in [1.807, 2.05) is 28.0 Å². The van der Waals surface area contributed by atoms with Crippen LogP contribution in [-0.2, 0) is 4.79 Å². The number of halogens is 1. The molecule has 6 heteroatoms. The van der Waals surface area contributed by atoms with Gasteiger partial charge in [-0.05, 0) is 23.8 Å². The lowest BCUT2D eigenvalue weighted by molar-refractivity contribution is -1.01. The molecule has 0 bridgehead atoms. The third kappa shape index (κ3) is 5.93. The number of amides is 1. The Morgan fingerprint density at radius 2 is 1.52 bits per heavy atom. The van der Waals surface area contributed by atoms with Crippen LogP contribution in [0.4, 0.5) is 10.1 Å². The molecule has 2 saturated heterocycles. The maximum Gasteiger partial charge on any atom is 0.277 e. The monoisotopic (exact) mass is 424 g/mol. The van der Waals surface area contributed by atoms with E-state index in [9.17, 15) is 9.18 Å². The Hall–Kier alpha value is -2.70. The SMILES string of the molecule is O=C(C[NH+]1CC[NH+](C/C=C/c2ccccc2)CC1)N1CCN(c2ccccc2F)CC1. The number of piperazine rings is 2. The van der Waals surface area contributed by atoms with Gasteiger partial charge in [-0.15, -0.1) is 0 Å². The van der Waals surface area contributed by atoms with Gasteiger partial charge in [-0.25, -0.2) is 4.39 Å². The van der Waals surface area contributed by atoms with Crippen molar-refractivity contribution in [2.45, 2.75) is 0 Å². The van der Waals surface area contributed by atoms with Gasteiger partial charge in [-0.1, -0.05) is 48.5 Å². The molecular weight excluding hydrogens is 391 g/mol. The van der Waals surface area contributed by atoms with Crippen LogP contribution in [0.25, 0.3) is 6.08 Å². The van der Waals surface area contributed by atoms with Crippen LogP contribution in [0.3, 0.4) is 0 Å². The van der Waals surface area contributed by atoms with E-state index in [0.29, 0.717) is 38.4 Å². The third-order valence-corrected chi connectivity index (χ3v) is 6.41. The topological polar surface area (TPSA) is 32.4 Å². The third-order valence-electron chi connectivity index (χ3n) is 6.41. The van der Waals surface area contributed by atoms with Gasteiger partial charge in [0.05, 0.1) is 12.2 Å². The van der Waals surface area contributed by atoms with E-state index >= 15 is 0 Å². The summed E-state index contributed by atoms with van der Waals surface area (Å²) in [5.41, 5.74) is 1.88. The highest BCUT2D eigenvalue weighted by atomic mass is 19.1. The quantitative estimate of drug-likeness (QED) is 0.683. The van der Waals surface area contributed by atoms with Crippen LogP contribution >= 0.6 is 0 Å². The Morgan fingerprint density at radius 3 is 2.23 bits per heavy atom. The second-order valence-corrected chi connectivity index (χ2v) is 8.51. The molecule has 2 N–H and O–H groups in total. The predicted octanol–water partition coefficient (Wildman–Crippen LogP) is -0.0289. The zero-order chi connectivity index (χ0) is 21.5. The van der Waals surface area contributed by atoms with E-state index in [-0.39, 0.29) is 11.7 Å². The number of anilines is 1. The molecule has 0 atom stereocenters. The number of para-hydroxylation sites is 1. The van der Waals surface area contributed by atoms with Crippen molar-refractivity contribution in [2.75, 3.05) is 70.3 Å². The summed E-state index contributed by atoms with van der Waals surface area (Å²) in [7, 11) is 0. The maximum atomic E-state index is 14.0. The fourth-order valence-corrected chi connectivity index (χ4v) is 4.49. The standard InChI is InChI=1S/C25H31FN4O/c26-23-10-4-5-11-24(23)29-17-19-30(20-18-29)25(31)21-28-15-13-27(14-16-28)12-6-9-22-7-2-1-3-8-22/h1-11H,12-21H2/p+2/b9-6+. The summed E-state index contributed by atoms with van der Waals surface area (Å²) in [4.78, 5) is 19.7. The number of quaternary nitrogens is 2. The normalized spacial score (nSPS) is 22.1. The fraction of sp³-hybridized carbons (Fsp3) is 0.400. The van der Waals surface area contributed by atoms with Crippen LogP contribution in [0.5, 0.6) is 0 Å². The Morgan fingerprint density at radius 1 is 0.871 bits per heavy atom. The molecule has 4 rings (SSSR count). The first-order valence-corrected chi connectivity index (χ1v) is 11.3. The number of carbonyl (C=O) groups is 1. The van der Waals surface area contributed by atoms with E-state index in [1.54, 1.807) is 11.0 Å². The van der Waals surface area contributed by atoms with E-state index in [4.69, 9.17) is 0 Å². The lowest BCUT2D eigenvalue weighted by Crippen LogP contribution is -3.28. The van der Waals surface area contributed by atoms with Crippen molar-refractivity contribution < 1.29 is 19.0 Å². The summed E-state index contributed by atoms with van der Waals surface area (Å²) in [5, 5.41) is 0. The van der Waals surface area contributed by atoms with Crippen molar-refractivity contribution in [3.05, 3.63) is 72.1 Å². The van der Waals surface area contributed by atoms with Gasteiger partial charge in [0.15, 0.2) is 6.54 Å². The van der Waals surface area contributed by atoms with Gasteiger partial charge in [-0.3, -0.25) is 4.79 Å². The van der Waals surface area contributed by atoms with Gasteiger partial charge in [0.2, 0.25) is 0 Å². The summed E-state index contributed by atoms with van der Waals surface area (Å²) in [6, 6.07) is 17.3. The lowest BCUT2D eigenvalue weighted by Gasteiger charge is -2.37. The number of nitrogens with zero attached hydrogens (tertiary/aromatic N) is 2. The van der Waals surface area contributed by atoms with Gasteiger partial charge >= 0.3 is 0 Å². The Balaban J connectivity index is 1.17. The molecule has 2 aliphatic heterocycles. The zero-order valence-electron chi connectivity index (χ0n) is 18.1. The first-order chi connectivity index (χ1) is 15.2. The van der Waals surface area contributed by atoms with Gasteiger partial charge < -0.3 is 19.6 Å². The number of benzene rings is 2. The highest BCUT2D eigenvalue weighted by Crippen LogP contribution is 2.20. The first kappa shape index (κ1) is 21.5.